The fourth-order valence-electron chi connectivity index (χ4n) is 0.926. The highest BCUT2D eigenvalue weighted by Gasteiger charge is 2.30. The van der Waals surface area contributed by atoms with Crippen LogP contribution in [0, 0.1) is 0 Å². The lowest BCUT2D eigenvalue weighted by Gasteiger charge is -2.06. The fourth-order valence-corrected chi connectivity index (χ4v) is 0.926. The smallest absolute Gasteiger partial charge is 0.337 e. The van der Waals surface area contributed by atoms with Crippen molar-refractivity contribution in [3.8, 4) is 0 Å². The van der Waals surface area contributed by atoms with Crippen LogP contribution in [0.15, 0.2) is 0 Å². The van der Waals surface area contributed by atoms with Gasteiger partial charge in [0.05, 0.1) is 13.7 Å². The zero-order chi connectivity index (χ0) is 8.27. The average Bonchev–Trinajstić information content (AvgIpc) is 2.50. The van der Waals surface area contributed by atoms with E-state index in [9.17, 15) is 4.79 Å². The van der Waals surface area contributed by atoms with E-state index < -0.39 is 6.10 Å². The van der Waals surface area contributed by atoms with Gasteiger partial charge in [0.2, 0.25) is 0 Å². The first-order valence-electron chi connectivity index (χ1n) is 3.62. The zero-order valence-corrected chi connectivity index (χ0v) is 6.70. The van der Waals surface area contributed by atoms with Crippen LogP contribution in [-0.4, -0.2) is 32.1 Å². The van der Waals surface area contributed by atoms with E-state index >= 15 is 0 Å². The van der Waals surface area contributed by atoms with E-state index in [1.165, 1.54) is 7.11 Å². The van der Waals surface area contributed by atoms with E-state index in [1.807, 2.05) is 6.92 Å². The van der Waals surface area contributed by atoms with E-state index in [1.54, 1.807) is 0 Å². The maximum atomic E-state index is 10.8. The summed E-state index contributed by atoms with van der Waals surface area (Å²) in [5.41, 5.74) is 0. The van der Waals surface area contributed by atoms with Crippen molar-refractivity contribution in [2.24, 2.45) is 0 Å². The molecule has 0 N–H and O–H groups in total. The second kappa shape index (κ2) is 3.69. The Morgan fingerprint density at radius 3 is 2.91 bits per heavy atom. The maximum absolute atomic E-state index is 10.8. The van der Waals surface area contributed by atoms with Gasteiger partial charge in [0, 0.05) is 0 Å². The summed E-state index contributed by atoms with van der Waals surface area (Å²) in [7, 11) is 1.34. The Kier molecular flexibility index (Phi) is 2.84. The Labute approximate surface area is 65.4 Å². The summed E-state index contributed by atoms with van der Waals surface area (Å²) in [5, 5.41) is 0. The molecule has 0 aromatic carbocycles. The molecule has 1 unspecified atom stereocenters. The van der Waals surface area contributed by atoms with Crippen LogP contribution >= 0.6 is 0 Å². The molecule has 1 heterocycles. The standard InChI is InChI=1S/C7H12O4/c1-3-6-10-4-5(11-6)7(8)9-2/h5-6H,3-4H2,1-2H3/t5?,6-/m0/s1. The topological polar surface area (TPSA) is 44.8 Å². The number of carbonyl (C=O) groups excluding carboxylic acids is 1. The molecule has 0 aromatic rings. The average molecular weight is 160 g/mol. The summed E-state index contributed by atoms with van der Waals surface area (Å²) < 4.78 is 14.8. The van der Waals surface area contributed by atoms with Crippen LogP contribution < -0.4 is 0 Å². The third-order valence-corrected chi connectivity index (χ3v) is 1.55. The number of carbonyl (C=O) groups is 1. The van der Waals surface area contributed by atoms with Crippen molar-refractivity contribution < 1.29 is 19.0 Å². The number of esters is 1. The predicted molar refractivity (Wildman–Crippen MR) is 36.9 cm³/mol. The highest BCUT2D eigenvalue weighted by molar-refractivity contribution is 5.74. The monoisotopic (exact) mass is 160 g/mol. The lowest BCUT2D eigenvalue weighted by atomic mass is 10.4. The molecule has 0 radical (unpaired) electrons. The van der Waals surface area contributed by atoms with Crippen LogP contribution in [0.3, 0.4) is 0 Å². The van der Waals surface area contributed by atoms with Gasteiger partial charge in [-0.2, -0.15) is 0 Å². The molecule has 2 atom stereocenters. The van der Waals surface area contributed by atoms with Crippen LogP contribution in [0.25, 0.3) is 0 Å². The van der Waals surface area contributed by atoms with Gasteiger partial charge in [-0.25, -0.2) is 4.79 Å². The minimum atomic E-state index is -0.523. The van der Waals surface area contributed by atoms with Gasteiger partial charge in [-0.3, -0.25) is 0 Å². The molecular weight excluding hydrogens is 148 g/mol. The minimum absolute atomic E-state index is 0.237. The largest absolute Gasteiger partial charge is 0.467 e. The van der Waals surface area contributed by atoms with Crippen LogP contribution in [0.4, 0.5) is 0 Å². The van der Waals surface area contributed by atoms with Gasteiger partial charge in [-0.05, 0) is 6.42 Å². The first-order valence-corrected chi connectivity index (χ1v) is 3.62. The van der Waals surface area contributed by atoms with Gasteiger partial charge < -0.3 is 14.2 Å². The molecule has 1 saturated heterocycles. The highest BCUT2D eigenvalue weighted by atomic mass is 16.7. The summed E-state index contributed by atoms with van der Waals surface area (Å²) in [4.78, 5) is 10.8. The molecule has 1 aliphatic rings. The van der Waals surface area contributed by atoms with Gasteiger partial charge >= 0.3 is 5.97 Å². The third kappa shape index (κ3) is 1.91. The number of rotatable bonds is 2. The van der Waals surface area contributed by atoms with Crippen LogP contribution in [-0.2, 0) is 19.0 Å². The second-order valence-corrected chi connectivity index (χ2v) is 2.32. The second-order valence-electron chi connectivity index (χ2n) is 2.32. The van der Waals surface area contributed by atoms with Gasteiger partial charge in [0.25, 0.3) is 0 Å². The Hall–Kier alpha value is -0.610. The van der Waals surface area contributed by atoms with Crippen molar-refractivity contribution in [1.82, 2.24) is 0 Å². The predicted octanol–water partition coefficient (Wildman–Crippen LogP) is 0.311. The molecule has 4 nitrogen and oxygen atoms in total. The van der Waals surface area contributed by atoms with Gasteiger partial charge in [-0.1, -0.05) is 6.92 Å². The molecule has 0 bridgehead atoms. The fraction of sp³-hybridized carbons (Fsp3) is 0.857. The summed E-state index contributed by atoms with van der Waals surface area (Å²) in [6, 6.07) is 0. The van der Waals surface area contributed by atoms with Crippen molar-refractivity contribution in [3.63, 3.8) is 0 Å². The van der Waals surface area contributed by atoms with E-state index in [0.717, 1.165) is 6.42 Å². The van der Waals surface area contributed by atoms with Gasteiger partial charge in [0.15, 0.2) is 12.4 Å². The molecule has 11 heavy (non-hydrogen) atoms. The molecule has 0 aliphatic carbocycles. The SMILES string of the molecule is CC[C@H]1OCC(C(=O)OC)O1. The van der Waals surface area contributed by atoms with Crippen molar-refractivity contribution in [2.75, 3.05) is 13.7 Å². The minimum Gasteiger partial charge on any atom is -0.467 e. The van der Waals surface area contributed by atoms with Crippen molar-refractivity contribution in [2.45, 2.75) is 25.7 Å². The lowest BCUT2D eigenvalue weighted by Crippen LogP contribution is -2.24. The normalized spacial score (nSPS) is 30.4. The number of ether oxygens (including phenoxy) is 3. The molecular formula is C7H12O4. The summed E-state index contributed by atoms with van der Waals surface area (Å²) in [6.45, 7) is 2.25. The quantitative estimate of drug-likeness (QED) is 0.545. The van der Waals surface area contributed by atoms with Crippen molar-refractivity contribution >= 4 is 5.97 Å². The molecule has 0 spiro atoms. The van der Waals surface area contributed by atoms with Gasteiger partial charge in [-0.15, -0.1) is 0 Å². The Bertz CT molecular complexity index is 145. The molecule has 0 amide bonds. The molecule has 0 saturated carbocycles. The lowest BCUT2D eigenvalue weighted by molar-refractivity contribution is -0.154. The Morgan fingerprint density at radius 2 is 2.45 bits per heavy atom. The van der Waals surface area contributed by atoms with Crippen molar-refractivity contribution in [3.05, 3.63) is 0 Å². The van der Waals surface area contributed by atoms with Crippen LogP contribution in [0.1, 0.15) is 13.3 Å². The maximum Gasteiger partial charge on any atom is 0.337 e. The molecule has 0 aromatic heterocycles. The molecule has 1 fully saturated rings. The Balaban J connectivity index is 2.35. The van der Waals surface area contributed by atoms with Crippen molar-refractivity contribution in [1.29, 1.82) is 0 Å². The van der Waals surface area contributed by atoms with Crippen LogP contribution in [0.2, 0.25) is 0 Å². The molecule has 1 aliphatic heterocycles. The number of methoxy groups -OCH3 is 1. The summed E-state index contributed by atoms with van der Waals surface area (Å²) in [6.07, 6.45) is -0.00270. The van der Waals surface area contributed by atoms with Gasteiger partial charge in [0.1, 0.15) is 0 Å². The van der Waals surface area contributed by atoms with E-state index in [-0.39, 0.29) is 12.3 Å². The summed E-state index contributed by atoms with van der Waals surface area (Å²) >= 11 is 0. The summed E-state index contributed by atoms with van der Waals surface area (Å²) in [5.74, 6) is -0.360. The third-order valence-electron chi connectivity index (χ3n) is 1.55. The Morgan fingerprint density at radius 1 is 1.73 bits per heavy atom. The highest BCUT2D eigenvalue weighted by Crippen LogP contribution is 2.14. The zero-order valence-electron chi connectivity index (χ0n) is 6.70. The first-order chi connectivity index (χ1) is 5.27. The van der Waals surface area contributed by atoms with Crippen LogP contribution in [0.5, 0.6) is 0 Å². The molecule has 1 rings (SSSR count). The van der Waals surface area contributed by atoms with E-state index in [2.05, 4.69) is 4.74 Å². The number of hydrogen-bond donors (Lipinski definition) is 0. The van der Waals surface area contributed by atoms with E-state index in [0.29, 0.717) is 6.61 Å². The molecule has 4 heteroatoms. The number of hydrogen-bond acceptors (Lipinski definition) is 4. The molecule has 64 valence electrons. The van der Waals surface area contributed by atoms with E-state index in [4.69, 9.17) is 9.47 Å². The first kappa shape index (κ1) is 8.49.